The Morgan fingerprint density at radius 1 is 0.731 bits per heavy atom. The second kappa shape index (κ2) is 5.81. The molecule has 0 saturated carbocycles. The van der Waals surface area contributed by atoms with Crippen LogP contribution in [-0.4, -0.2) is 28.3 Å². The topological polar surface area (TPSA) is 54.5 Å². The normalized spacial score (nSPS) is 14.5. The van der Waals surface area contributed by atoms with Crippen molar-refractivity contribution in [2.24, 2.45) is 0 Å². The molecule has 1 aliphatic heterocycles. The summed E-state index contributed by atoms with van der Waals surface area (Å²) in [4.78, 5) is 14.9. The molecule has 0 aliphatic carbocycles. The monoisotopic (exact) mass is 363 g/mol. The lowest BCUT2D eigenvalue weighted by Crippen LogP contribution is -2.20. The van der Waals surface area contributed by atoms with Crippen LogP contribution in [-0.2, 0) is 9.84 Å². The summed E-state index contributed by atoms with van der Waals surface area (Å²) < 4.78 is 26.0. The molecule has 3 aromatic rings. The molecule has 1 aliphatic rings. The molecular formula is C21H17NO3S. The minimum Gasteiger partial charge on any atom is -0.378 e. The van der Waals surface area contributed by atoms with Gasteiger partial charge in [0.25, 0.3) is 0 Å². The molecule has 0 bridgehead atoms. The van der Waals surface area contributed by atoms with E-state index in [0.29, 0.717) is 0 Å². The zero-order chi connectivity index (χ0) is 18.5. The SMILES string of the molecule is CN(C)c1ccc(-c2ccc3c(c2)S(=O)(=O)c2ccccc2C3=O)cc1. The summed E-state index contributed by atoms with van der Waals surface area (Å²) in [7, 11) is 0.208. The van der Waals surface area contributed by atoms with Gasteiger partial charge in [0, 0.05) is 30.9 Å². The summed E-state index contributed by atoms with van der Waals surface area (Å²) in [5.41, 5.74) is 3.20. The number of carbonyl (C=O) groups is 1. The van der Waals surface area contributed by atoms with Crippen LogP contribution in [0.4, 0.5) is 5.69 Å². The molecule has 0 N–H and O–H groups in total. The molecule has 0 atom stereocenters. The Morgan fingerprint density at radius 3 is 2.04 bits per heavy atom. The van der Waals surface area contributed by atoms with Crippen LogP contribution in [0.2, 0.25) is 0 Å². The Morgan fingerprint density at radius 2 is 1.35 bits per heavy atom. The van der Waals surface area contributed by atoms with E-state index < -0.39 is 9.84 Å². The number of sulfone groups is 1. The van der Waals surface area contributed by atoms with E-state index >= 15 is 0 Å². The summed E-state index contributed by atoms with van der Waals surface area (Å²) >= 11 is 0. The molecule has 5 heteroatoms. The molecule has 4 nitrogen and oxygen atoms in total. The molecule has 0 fully saturated rings. The minimum absolute atomic E-state index is 0.0791. The quantitative estimate of drug-likeness (QED) is 0.544. The van der Waals surface area contributed by atoms with Crippen molar-refractivity contribution in [2.45, 2.75) is 9.79 Å². The third-order valence-corrected chi connectivity index (χ3v) is 6.51. The zero-order valence-electron chi connectivity index (χ0n) is 14.4. The lowest BCUT2D eigenvalue weighted by Gasteiger charge is -2.19. The van der Waals surface area contributed by atoms with E-state index in [1.54, 1.807) is 36.4 Å². The molecule has 130 valence electrons. The predicted molar refractivity (Wildman–Crippen MR) is 102 cm³/mol. The second-order valence-electron chi connectivity index (χ2n) is 6.48. The van der Waals surface area contributed by atoms with Crippen LogP contribution in [0, 0.1) is 0 Å². The van der Waals surface area contributed by atoms with Crippen molar-refractivity contribution in [3.05, 3.63) is 77.9 Å². The molecule has 0 spiro atoms. The van der Waals surface area contributed by atoms with Crippen LogP contribution in [0.5, 0.6) is 0 Å². The highest BCUT2D eigenvalue weighted by atomic mass is 32.2. The van der Waals surface area contributed by atoms with Crippen molar-refractivity contribution in [2.75, 3.05) is 19.0 Å². The van der Waals surface area contributed by atoms with Crippen molar-refractivity contribution in [1.29, 1.82) is 0 Å². The van der Waals surface area contributed by atoms with Gasteiger partial charge in [-0.1, -0.05) is 30.3 Å². The van der Waals surface area contributed by atoms with Gasteiger partial charge in [-0.3, -0.25) is 4.79 Å². The first-order valence-electron chi connectivity index (χ1n) is 8.20. The third kappa shape index (κ3) is 2.44. The fourth-order valence-electron chi connectivity index (χ4n) is 3.22. The third-order valence-electron chi connectivity index (χ3n) is 4.65. The number of fused-ring (bicyclic) bond motifs is 2. The number of rotatable bonds is 2. The van der Waals surface area contributed by atoms with Crippen LogP contribution in [0.25, 0.3) is 11.1 Å². The van der Waals surface area contributed by atoms with Crippen LogP contribution in [0.1, 0.15) is 15.9 Å². The summed E-state index contributed by atoms with van der Waals surface area (Å²) in [6.07, 6.45) is 0. The molecule has 4 rings (SSSR count). The first-order chi connectivity index (χ1) is 12.4. The van der Waals surface area contributed by atoms with Gasteiger partial charge in [0.05, 0.1) is 9.79 Å². The highest BCUT2D eigenvalue weighted by molar-refractivity contribution is 7.91. The summed E-state index contributed by atoms with van der Waals surface area (Å²) in [5, 5.41) is 0. The first kappa shape index (κ1) is 16.5. The molecule has 0 saturated heterocycles. The average Bonchev–Trinajstić information content (AvgIpc) is 2.66. The molecule has 3 aromatic carbocycles. The summed E-state index contributed by atoms with van der Waals surface area (Å²) in [6.45, 7) is 0. The van der Waals surface area contributed by atoms with Crippen molar-refractivity contribution in [1.82, 2.24) is 0 Å². The number of benzene rings is 3. The van der Waals surface area contributed by atoms with Crippen molar-refractivity contribution in [3.8, 4) is 11.1 Å². The van der Waals surface area contributed by atoms with Crippen LogP contribution in [0.15, 0.2) is 76.5 Å². The molecular weight excluding hydrogens is 346 g/mol. The van der Waals surface area contributed by atoms with Crippen molar-refractivity contribution >= 4 is 21.3 Å². The number of hydrogen-bond donors (Lipinski definition) is 0. The van der Waals surface area contributed by atoms with E-state index in [2.05, 4.69) is 0 Å². The van der Waals surface area contributed by atoms with Gasteiger partial charge in [0.15, 0.2) is 5.78 Å². The van der Waals surface area contributed by atoms with Gasteiger partial charge < -0.3 is 4.90 Å². The lowest BCUT2D eigenvalue weighted by molar-refractivity contribution is 0.103. The second-order valence-corrected chi connectivity index (χ2v) is 8.37. The van der Waals surface area contributed by atoms with Crippen LogP contribution < -0.4 is 4.90 Å². The van der Waals surface area contributed by atoms with Gasteiger partial charge >= 0.3 is 0 Å². The number of nitrogens with zero attached hydrogens (tertiary/aromatic N) is 1. The highest BCUT2D eigenvalue weighted by Crippen LogP contribution is 2.36. The number of anilines is 1. The number of carbonyl (C=O) groups excluding carboxylic acids is 1. The average molecular weight is 363 g/mol. The fourth-order valence-corrected chi connectivity index (χ4v) is 4.89. The van der Waals surface area contributed by atoms with Crippen molar-refractivity contribution < 1.29 is 13.2 Å². The van der Waals surface area contributed by atoms with E-state index in [9.17, 15) is 13.2 Å². The Balaban J connectivity index is 1.87. The fraction of sp³-hybridized carbons (Fsp3) is 0.0952. The Hall–Kier alpha value is -2.92. The molecule has 1 heterocycles. The number of hydrogen-bond acceptors (Lipinski definition) is 4. The standard InChI is InChI=1S/C21H17NO3S/c1-22(2)16-10-7-14(8-11-16)15-9-12-18-20(13-15)26(24,25)19-6-4-3-5-17(19)21(18)23/h3-13H,1-2H3. The predicted octanol–water partition coefficient (Wildman–Crippen LogP) is 3.80. The molecule has 26 heavy (non-hydrogen) atoms. The van der Waals surface area contributed by atoms with E-state index in [4.69, 9.17) is 0 Å². The maximum absolute atomic E-state index is 13.0. The highest BCUT2D eigenvalue weighted by Gasteiger charge is 2.34. The van der Waals surface area contributed by atoms with Crippen molar-refractivity contribution in [3.63, 3.8) is 0 Å². The maximum Gasteiger partial charge on any atom is 0.208 e. The lowest BCUT2D eigenvalue weighted by atomic mass is 9.98. The Labute approximate surface area is 152 Å². The smallest absolute Gasteiger partial charge is 0.208 e. The van der Waals surface area contributed by atoms with Crippen LogP contribution in [0.3, 0.4) is 0 Å². The zero-order valence-corrected chi connectivity index (χ0v) is 15.2. The van der Waals surface area contributed by atoms with Gasteiger partial charge in [-0.2, -0.15) is 0 Å². The van der Waals surface area contributed by atoms with Gasteiger partial charge in [0.1, 0.15) is 0 Å². The van der Waals surface area contributed by atoms with Gasteiger partial charge in [-0.25, -0.2) is 8.42 Å². The van der Waals surface area contributed by atoms with Crippen LogP contribution >= 0.6 is 0 Å². The molecule has 0 aromatic heterocycles. The van der Waals surface area contributed by atoms with Gasteiger partial charge in [0.2, 0.25) is 9.84 Å². The molecule has 0 unspecified atom stereocenters. The van der Waals surface area contributed by atoms with E-state index in [0.717, 1.165) is 16.8 Å². The Bertz CT molecular complexity index is 1130. The number of ketones is 1. The first-order valence-corrected chi connectivity index (χ1v) is 9.68. The van der Waals surface area contributed by atoms with Gasteiger partial charge in [-0.05, 0) is 47.5 Å². The maximum atomic E-state index is 13.0. The molecule has 0 amide bonds. The summed E-state index contributed by atoms with van der Waals surface area (Å²) in [5.74, 6) is -0.250. The van der Waals surface area contributed by atoms with E-state index in [-0.39, 0.29) is 26.7 Å². The van der Waals surface area contributed by atoms with E-state index in [1.807, 2.05) is 43.3 Å². The van der Waals surface area contributed by atoms with E-state index in [1.165, 1.54) is 6.07 Å². The largest absolute Gasteiger partial charge is 0.378 e. The van der Waals surface area contributed by atoms with Gasteiger partial charge in [-0.15, -0.1) is 0 Å². The minimum atomic E-state index is -3.72. The Kier molecular flexibility index (Phi) is 3.70. The molecule has 0 radical (unpaired) electrons. The summed E-state index contributed by atoms with van der Waals surface area (Å²) in [6, 6.07) is 19.2.